The van der Waals surface area contributed by atoms with Crippen LogP contribution in [0.5, 0.6) is 0 Å². The minimum absolute atomic E-state index is 0.0481. The topological polar surface area (TPSA) is 31.4 Å². The van der Waals surface area contributed by atoms with Crippen molar-refractivity contribution in [3.63, 3.8) is 0 Å². The molecular weight excluding hydrogens is 236 g/mol. The number of nitrogens with one attached hydrogen (secondary N) is 1. The lowest BCUT2D eigenvalue weighted by Gasteiger charge is -2.35. The average Bonchev–Trinajstić information content (AvgIpc) is 2.37. The monoisotopic (exact) mass is 262 g/mol. The first-order valence-corrected chi connectivity index (χ1v) is 7.20. The molecule has 0 radical (unpaired) electrons. The largest absolute Gasteiger partial charge is 0.365 e. The third-order valence-corrected chi connectivity index (χ3v) is 3.38. The Morgan fingerprint density at radius 3 is 2.42 bits per heavy atom. The summed E-state index contributed by atoms with van der Waals surface area (Å²) in [7, 11) is 0. The number of aromatic nitrogens is 1. The number of pyridine rings is 1. The number of piperazine rings is 1. The molecule has 1 saturated heterocycles. The fourth-order valence-corrected chi connectivity index (χ4v) is 2.35. The zero-order valence-corrected chi connectivity index (χ0v) is 12.6. The Labute approximate surface area is 116 Å². The van der Waals surface area contributed by atoms with E-state index in [1.165, 1.54) is 0 Å². The maximum absolute atomic E-state index is 4.73. The summed E-state index contributed by atoms with van der Waals surface area (Å²) in [5, 5.41) is 3.43. The van der Waals surface area contributed by atoms with Crippen molar-refractivity contribution >= 4 is 11.6 Å². The molecule has 2 heterocycles. The summed E-state index contributed by atoms with van der Waals surface area (Å²) >= 11 is 0. The van der Waals surface area contributed by atoms with E-state index in [1.807, 2.05) is 6.07 Å². The Hall–Kier alpha value is -1.29. The second kappa shape index (κ2) is 5.78. The molecule has 4 nitrogen and oxygen atoms in total. The average molecular weight is 262 g/mol. The van der Waals surface area contributed by atoms with Gasteiger partial charge < -0.3 is 15.1 Å². The van der Waals surface area contributed by atoms with Crippen LogP contribution in [0.1, 0.15) is 27.7 Å². The first kappa shape index (κ1) is 14.1. The van der Waals surface area contributed by atoms with E-state index in [0.717, 1.165) is 44.4 Å². The standard InChI is InChI=1S/C15H26N4/c1-5-18-9-11-19(12-10-18)14-8-6-7-13(16-14)17-15(2,3)4/h6-8H,5,9-12H2,1-4H3,(H,16,17). The zero-order chi connectivity index (χ0) is 13.9. The Morgan fingerprint density at radius 1 is 1.16 bits per heavy atom. The molecule has 1 aliphatic heterocycles. The van der Waals surface area contributed by atoms with E-state index >= 15 is 0 Å². The van der Waals surface area contributed by atoms with Crippen molar-refractivity contribution in [3.8, 4) is 0 Å². The van der Waals surface area contributed by atoms with Crippen LogP contribution in [-0.4, -0.2) is 48.1 Å². The molecule has 1 aromatic heterocycles. The molecule has 2 rings (SSSR count). The molecule has 19 heavy (non-hydrogen) atoms. The Kier molecular flexibility index (Phi) is 4.30. The van der Waals surface area contributed by atoms with Gasteiger partial charge in [0.05, 0.1) is 0 Å². The molecule has 0 atom stereocenters. The SMILES string of the molecule is CCN1CCN(c2cccc(NC(C)(C)C)n2)CC1. The number of nitrogens with zero attached hydrogens (tertiary/aromatic N) is 3. The highest BCUT2D eigenvalue weighted by Crippen LogP contribution is 2.18. The van der Waals surface area contributed by atoms with Crippen LogP contribution < -0.4 is 10.2 Å². The van der Waals surface area contributed by atoms with E-state index in [2.05, 4.69) is 54.9 Å². The van der Waals surface area contributed by atoms with Crippen LogP contribution in [0.4, 0.5) is 11.6 Å². The summed E-state index contributed by atoms with van der Waals surface area (Å²) in [6, 6.07) is 6.23. The van der Waals surface area contributed by atoms with E-state index in [4.69, 9.17) is 4.98 Å². The van der Waals surface area contributed by atoms with Gasteiger partial charge >= 0.3 is 0 Å². The molecule has 0 saturated carbocycles. The van der Waals surface area contributed by atoms with Gasteiger partial charge in [-0.25, -0.2) is 4.98 Å². The highest BCUT2D eigenvalue weighted by molar-refractivity contribution is 5.48. The molecular formula is C15H26N4. The summed E-state index contributed by atoms with van der Waals surface area (Å²) in [6.07, 6.45) is 0. The van der Waals surface area contributed by atoms with E-state index in [0.29, 0.717) is 0 Å². The van der Waals surface area contributed by atoms with Crippen molar-refractivity contribution in [1.82, 2.24) is 9.88 Å². The van der Waals surface area contributed by atoms with E-state index < -0.39 is 0 Å². The zero-order valence-electron chi connectivity index (χ0n) is 12.6. The Bertz CT molecular complexity index is 403. The number of hydrogen-bond donors (Lipinski definition) is 1. The molecule has 0 aromatic carbocycles. The Morgan fingerprint density at radius 2 is 1.84 bits per heavy atom. The maximum Gasteiger partial charge on any atom is 0.131 e. The molecule has 0 unspecified atom stereocenters. The molecule has 1 aliphatic rings. The molecule has 1 N–H and O–H groups in total. The Balaban J connectivity index is 2.03. The lowest BCUT2D eigenvalue weighted by atomic mass is 10.1. The van der Waals surface area contributed by atoms with Crippen LogP contribution in [0.25, 0.3) is 0 Å². The molecule has 106 valence electrons. The minimum atomic E-state index is 0.0481. The number of likely N-dealkylation sites (N-methyl/N-ethyl adjacent to an activating group) is 1. The van der Waals surface area contributed by atoms with Crippen molar-refractivity contribution < 1.29 is 0 Å². The lowest BCUT2D eigenvalue weighted by molar-refractivity contribution is 0.270. The van der Waals surface area contributed by atoms with Crippen LogP contribution >= 0.6 is 0 Å². The number of hydrogen-bond acceptors (Lipinski definition) is 4. The summed E-state index contributed by atoms with van der Waals surface area (Å²) in [6.45, 7) is 14.2. The van der Waals surface area contributed by atoms with Gasteiger partial charge in [-0.05, 0) is 39.4 Å². The van der Waals surface area contributed by atoms with Gasteiger partial charge in [-0.2, -0.15) is 0 Å². The van der Waals surface area contributed by atoms with Crippen molar-refractivity contribution in [1.29, 1.82) is 0 Å². The number of rotatable bonds is 3. The predicted molar refractivity (Wildman–Crippen MR) is 81.9 cm³/mol. The first-order valence-electron chi connectivity index (χ1n) is 7.20. The van der Waals surface area contributed by atoms with Gasteiger partial charge in [0, 0.05) is 31.7 Å². The molecule has 1 aromatic rings. The van der Waals surface area contributed by atoms with E-state index in [-0.39, 0.29) is 5.54 Å². The number of anilines is 2. The van der Waals surface area contributed by atoms with Crippen LogP contribution in [0, 0.1) is 0 Å². The summed E-state index contributed by atoms with van der Waals surface area (Å²) in [4.78, 5) is 9.58. The van der Waals surface area contributed by atoms with Crippen LogP contribution in [-0.2, 0) is 0 Å². The fraction of sp³-hybridized carbons (Fsp3) is 0.667. The lowest BCUT2D eigenvalue weighted by Crippen LogP contribution is -2.46. The second-order valence-corrected chi connectivity index (χ2v) is 6.18. The normalized spacial score (nSPS) is 17.6. The smallest absolute Gasteiger partial charge is 0.131 e. The van der Waals surface area contributed by atoms with E-state index in [1.54, 1.807) is 0 Å². The van der Waals surface area contributed by atoms with Crippen molar-refractivity contribution in [2.75, 3.05) is 42.9 Å². The summed E-state index contributed by atoms with van der Waals surface area (Å²) in [5.41, 5.74) is 0.0481. The minimum Gasteiger partial charge on any atom is -0.365 e. The highest BCUT2D eigenvalue weighted by Gasteiger charge is 2.17. The molecule has 0 bridgehead atoms. The highest BCUT2D eigenvalue weighted by atomic mass is 15.3. The van der Waals surface area contributed by atoms with Crippen LogP contribution in [0.2, 0.25) is 0 Å². The summed E-state index contributed by atoms with van der Waals surface area (Å²) in [5.74, 6) is 2.05. The van der Waals surface area contributed by atoms with Gasteiger partial charge in [0.1, 0.15) is 11.6 Å². The predicted octanol–water partition coefficient (Wildman–Crippen LogP) is 2.43. The first-order chi connectivity index (χ1) is 8.98. The summed E-state index contributed by atoms with van der Waals surface area (Å²) < 4.78 is 0. The third-order valence-electron chi connectivity index (χ3n) is 3.38. The maximum atomic E-state index is 4.73. The van der Waals surface area contributed by atoms with Gasteiger partial charge in [-0.3, -0.25) is 0 Å². The van der Waals surface area contributed by atoms with Gasteiger partial charge in [-0.1, -0.05) is 13.0 Å². The van der Waals surface area contributed by atoms with Crippen LogP contribution in [0.15, 0.2) is 18.2 Å². The molecule has 1 fully saturated rings. The second-order valence-electron chi connectivity index (χ2n) is 6.18. The fourth-order valence-electron chi connectivity index (χ4n) is 2.35. The van der Waals surface area contributed by atoms with E-state index in [9.17, 15) is 0 Å². The quantitative estimate of drug-likeness (QED) is 0.906. The van der Waals surface area contributed by atoms with Gasteiger partial charge in [0.15, 0.2) is 0 Å². The van der Waals surface area contributed by atoms with Gasteiger partial charge in [-0.15, -0.1) is 0 Å². The van der Waals surface area contributed by atoms with Gasteiger partial charge in [0.2, 0.25) is 0 Å². The molecule has 4 heteroatoms. The van der Waals surface area contributed by atoms with Crippen molar-refractivity contribution in [2.45, 2.75) is 33.2 Å². The molecule has 0 amide bonds. The molecule has 0 aliphatic carbocycles. The van der Waals surface area contributed by atoms with Crippen LogP contribution in [0.3, 0.4) is 0 Å². The van der Waals surface area contributed by atoms with Gasteiger partial charge in [0.25, 0.3) is 0 Å². The van der Waals surface area contributed by atoms with Crippen molar-refractivity contribution in [3.05, 3.63) is 18.2 Å². The molecule has 0 spiro atoms. The third kappa shape index (κ3) is 4.10. The van der Waals surface area contributed by atoms with Crippen molar-refractivity contribution in [2.24, 2.45) is 0 Å².